The number of carbonyl (C=O) groups is 1. The molecule has 0 atom stereocenters. The Morgan fingerprint density at radius 2 is 1.79 bits per heavy atom. The van der Waals surface area contributed by atoms with Crippen LogP contribution in [0.3, 0.4) is 0 Å². The van der Waals surface area contributed by atoms with Gasteiger partial charge in [0.05, 0.1) is 10.6 Å². The molecule has 0 saturated heterocycles. The Kier molecular flexibility index (Phi) is 5.14. The van der Waals surface area contributed by atoms with Crippen molar-refractivity contribution in [1.29, 1.82) is 0 Å². The summed E-state index contributed by atoms with van der Waals surface area (Å²) in [5.41, 5.74) is 0.524. The summed E-state index contributed by atoms with van der Waals surface area (Å²) in [5, 5.41) is 13.5. The van der Waals surface area contributed by atoms with Gasteiger partial charge in [-0.1, -0.05) is 24.3 Å². The smallest absolute Gasteiger partial charge is 0.273 e. The minimum absolute atomic E-state index is 0.0908. The zero-order valence-electron chi connectivity index (χ0n) is 12.7. The van der Waals surface area contributed by atoms with E-state index in [9.17, 15) is 23.3 Å². The number of benzene rings is 2. The third-order valence-electron chi connectivity index (χ3n) is 2.99. The van der Waals surface area contributed by atoms with Crippen molar-refractivity contribution in [2.45, 2.75) is 12.7 Å². The van der Waals surface area contributed by atoms with Gasteiger partial charge in [0.25, 0.3) is 5.69 Å². The lowest BCUT2D eigenvalue weighted by atomic mass is 10.2. The number of nitro benzene ring substituents is 1. The van der Waals surface area contributed by atoms with E-state index in [2.05, 4.69) is 10.0 Å². The van der Waals surface area contributed by atoms with Crippen LogP contribution in [0, 0.1) is 10.1 Å². The third-order valence-corrected chi connectivity index (χ3v) is 4.23. The van der Waals surface area contributed by atoms with E-state index >= 15 is 0 Å². The van der Waals surface area contributed by atoms with Crippen LogP contribution in [0.15, 0.2) is 48.5 Å². The molecule has 126 valence electrons. The molecule has 0 spiro atoms. The van der Waals surface area contributed by atoms with Gasteiger partial charge in [0.2, 0.25) is 15.9 Å². The van der Waals surface area contributed by atoms with Crippen LogP contribution in [0.4, 0.5) is 17.1 Å². The summed E-state index contributed by atoms with van der Waals surface area (Å²) in [7, 11) is -3.86. The van der Waals surface area contributed by atoms with Crippen LogP contribution in [0.25, 0.3) is 0 Å². The van der Waals surface area contributed by atoms with Gasteiger partial charge >= 0.3 is 0 Å². The van der Waals surface area contributed by atoms with E-state index < -0.39 is 20.7 Å². The summed E-state index contributed by atoms with van der Waals surface area (Å²) >= 11 is 0. The van der Waals surface area contributed by atoms with E-state index in [-0.39, 0.29) is 22.8 Å². The Hall–Kier alpha value is -2.94. The maximum absolute atomic E-state index is 12.3. The van der Waals surface area contributed by atoms with Gasteiger partial charge in [-0.25, -0.2) is 8.42 Å². The van der Waals surface area contributed by atoms with Gasteiger partial charge in [-0.3, -0.25) is 19.6 Å². The van der Waals surface area contributed by atoms with E-state index in [1.807, 2.05) is 0 Å². The maximum atomic E-state index is 12.3. The van der Waals surface area contributed by atoms with E-state index in [0.29, 0.717) is 5.69 Å². The second-order valence-electron chi connectivity index (χ2n) is 5.01. The summed E-state index contributed by atoms with van der Waals surface area (Å²) in [6, 6.07) is 11.8. The molecule has 2 rings (SSSR count). The van der Waals surface area contributed by atoms with Crippen molar-refractivity contribution in [1.82, 2.24) is 0 Å². The molecular formula is C15H15N3O5S. The lowest BCUT2D eigenvalue weighted by molar-refractivity contribution is -0.385. The molecule has 0 heterocycles. The minimum atomic E-state index is -3.86. The molecule has 2 aromatic rings. The average molecular weight is 349 g/mol. The first-order valence-electron chi connectivity index (χ1n) is 6.87. The molecule has 1 amide bonds. The molecule has 2 aromatic carbocycles. The number of hydrogen-bond acceptors (Lipinski definition) is 5. The van der Waals surface area contributed by atoms with E-state index in [1.165, 1.54) is 43.3 Å². The lowest BCUT2D eigenvalue weighted by Crippen LogP contribution is -2.16. The lowest BCUT2D eigenvalue weighted by Gasteiger charge is -2.10. The van der Waals surface area contributed by atoms with Crippen molar-refractivity contribution in [3.63, 3.8) is 0 Å². The normalized spacial score (nSPS) is 10.9. The number of sulfonamides is 1. The standard InChI is InChI=1S/C15H15N3O5S/c1-11(19)16-13-6-4-7-14(9-13)17-24(22,23)10-12-5-2-3-8-15(12)18(20)21/h2-9,17H,10H2,1H3,(H,16,19). The third kappa shape index (κ3) is 4.78. The number of nitro groups is 1. The molecule has 0 aliphatic carbocycles. The molecular weight excluding hydrogens is 334 g/mol. The summed E-state index contributed by atoms with van der Waals surface area (Å²) < 4.78 is 26.9. The topological polar surface area (TPSA) is 118 Å². The molecule has 0 aliphatic rings. The monoisotopic (exact) mass is 349 g/mol. The first kappa shape index (κ1) is 17.4. The summed E-state index contributed by atoms with van der Waals surface area (Å²) in [5.74, 6) is -0.816. The predicted octanol–water partition coefficient (Wildman–Crippen LogP) is 2.50. The Morgan fingerprint density at radius 1 is 1.12 bits per heavy atom. The zero-order valence-corrected chi connectivity index (χ0v) is 13.5. The second-order valence-corrected chi connectivity index (χ2v) is 6.73. The SMILES string of the molecule is CC(=O)Nc1cccc(NS(=O)(=O)Cc2ccccc2[N+](=O)[O-])c1. The van der Waals surface area contributed by atoms with E-state index in [0.717, 1.165) is 0 Å². The van der Waals surface area contributed by atoms with Gasteiger partial charge < -0.3 is 5.32 Å². The van der Waals surface area contributed by atoms with E-state index in [1.54, 1.807) is 12.1 Å². The van der Waals surface area contributed by atoms with Crippen molar-refractivity contribution in [3.8, 4) is 0 Å². The van der Waals surface area contributed by atoms with Crippen LogP contribution in [0.1, 0.15) is 12.5 Å². The fraction of sp³-hybridized carbons (Fsp3) is 0.133. The van der Waals surface area contributed by atoms with Crippen LogP contribution in [-0.4, -0.2) is 19.2 Å². The molecule has 9 heteroatoms. The van der Waals surface area contributed by atoms with Gasteiger partial charge in [0.15, 0.2) is 0 Å². The van der Waals surface area contributed by atoms with Crippen molar-refractivity contribution in [2.24, 2.45) is 0 Å². The van der Waals surface area contributed by atoms with Crippen LogP contribution in [0.5, 0.6) is 0 Å². The predicted molar refractivity (Wildman–Crippen MR) is 90.1 cm³/mol. The van der Waals surface area contributed by atoms with Crippen LogP contribution >= 0.6 is 0 Å². The first-order valence-corrected chi connectivity index (χ1v) is 8.52. The molecule has 0 aromatic heterocycles. The molecule has 0 radical (unpaired) electrons. The van der Waals surface area contributed by atoms with Crippen molar-refractivity contribution in [2.75, 3.05) is 10.0 Å². The average Bonchev–Trinajstić information content (AvgIpc) is 2.46. The van der Waals surface area contributed by atoms with Crippen molar-refractivity contribution >= 4 is 33.0 Å². The molecule has 2 N–H and O–H groups in total. The Balaban J connectivity index is 2.21. The number of anilines is 2. The maximum Gasteiger partial charge on any atom is 0.273 e. The van der Waals surface area contributed by atoms with Gasteiger partial charge in [-0.2, -0.15) is 0 Å². The molecule has 24 heavy (non-hydrogen) atoms. The number of nitrogens with one attached hydrogen (secondary N) is 2. The van der Waals surface area contributed by atoms with Crippen LogP contribution < -0.4 is 10.0 Å². The van der Waals surface area contributed by atoms with Gasteiger partial charge in [0, 0.05) is 24.2 Å². The highest BCUT2D eigenvalue weighted by Crippen LogP contribution is 2.22. The Bertz CT molecular complexity index is 880. The van der Waals surface area contributed by atoms with Crippen LogP contribution in [-0.2, 0) is 20.6 Å². The van der Waals surface area contributed by atoms with E-state index in [4.69, 9.17) is 0 Å². The summed E-state index contributed by atoms with van der Waals surface area (Å²) in [6.07, 6.45) is 0. The highest BCUT2D eigenvalue weighted by molar-refractivity contribution is 7.91. The van der Waals surface area contributed by atoms with Gasteiger partial charge in [0.1, 0.15) is 5.75 Å². The number of rotatable bonds is 6. The fourth-order valence-electron chi connectivity index (χ4n) is 2.10. The van der Waals surface area contributed by atoms with Gasteiger partial charge in [-0.15, -0.1) is 0 Å². The molecule has 0 unspecified atom stereocenters. The molecule has 0 saturated carbocycles. The second kappa shape index (κ2) is 7.09. The minimum Gasteiger partial charge on any atom is -0.326 e. The Morgan fingerprint density at radius 3 is 2.46 bits per heavy atom. The highest BCUT2D eigenvalue weighted by atomic mass is 32.2. The Labute approximate surface area is 138 Å². The summed E-state index contributed by atoms with van der Waals surface area (Å²) in [6.45, 7) is 1.34. The van der Waals surface area contributed by atoms with Crippen LogP contribution in [0.2, 0.25) is 0 Å². The van der Waals surface area contributed by atoms with Crippen molar-refractivity contribution in [3.05, 3.63) is 64.2 Å². The number of amides is 1. The number of para-hydroxylation sites is 1. The zero-order chi connectivity index (χ0) is 17.7. The largest absolute Gasteiger partial charge is 0.326 e. The molecule has 8 nitrogen and oxygen atoms in total. The van der Waals surface area contributed by atoms with Crippen molar-refractivity contribution < 1.29 is 18.1 Å². The number of hydrogen-bond donors (Lipinski definition) is 2. The first-order chi connectivity index (χ1) is 11.3. The summed E-state index contributed by atoms with van der Waals surface area (Å²) in [4.78, 5) is 21.4. The fourth-order valence-corrected chi connectivity index (χ4v) is 3.31. The number of nitrogens with zero attached hydrogens (tertiary/aromatic N) is 1. The molecule has 0 aliphatic heterocycles. The van der Waals surface area contributed by atoms with Gasteiger partial charge in [-0.05, 0) is 18.2 Å². The number of carbonyl (C=O) groups excluding carboxylic acids is 1. The molecule has 0 bridgehead atoms. The molecule has 0 fully saturated rings. The quantitative estimate of drug-likeness (QED) is 0.613. The highest BCUT2D eigenvalue weighted by Gasteiger charge is 2.19.